The van der Waals surface area contributed by atoms with Crippen molar-refractivity contribution >= 4 is 5.91 Å². The van der Waals surface area contributed by atoms with E-state index in [9.17, 15) is 4.79 Å². The van der Waals surface area contributed by atoms with Crippen LogP contribution in [0.25, 0.3) is 0 Å². The highest BCUT2D eigenvalue weighted by Crippen LogP contribution is 2.16. The predicted octanol–water partition coefficient (Wildman–Crippen LogP) is 1.17. The van der Waals surface area contributed by atoms with Crippen LogP contribution in [0.15, 0.2) is 6.33 Å². The van der Waals surface area contributed by atoms with Gasteiger partial charge in [-0.05, 0) is 12.8 Å². The van der Waals surface area contributed by atoms with Gasteiger partial charge in [-0.15, -0.1) is 0 Å². The number of aromatic nitrogens is 3. The summed E-state index contributed by atoms with van der Waals surface area (Å²) in [6.45, 7) is 1.56. The number of hydrogen-bond donors (Lipinski definition) is 3. The third-order valence-corrected chi connectivity index (χ3v) is 3.79. The fourth-order valence-electron chi connectivity index (χ4n) is 2.63. The van der Waals surface area contributed by atoms with E-state index in [0.717, 1.165) is 12.4 Å². The molecule has 0 aliphatic heterocycles. The lowest BCUT2D eigenvalue weighted by molar-refractivity contribution is -0.121. The van der Waals surface area contributed by atoms with Crippen LogP contribution >= 0.6 is 0 Å². The van der Waals surface area contributed by atoms with Gasteiger partial charge >= 0.3 is 0 Å². The molecule has 1 fully saturated rings. The first kappa shape index (κ1) is 15.0. The van der Waals surface area contributed by atoms with Gasteiger partial charge < -0.3 is 10.6 Å². The van der Waals surface area contributed by atoms with Crippen molar-refractivity contribution in [2.75, 3.05) is 13.1 Å². The fourth-order valence-corrected chi connectivity index (χ4v) is 2.63. The fraction of sp³-hybridized carbons (Fsp3) is 0.786. The molecule has 0 spiro atoms. The number of nitrogens with one attached hydrogen (secondary N) is 3. The number of rotatable bonds is 7. The van der Waals surface area contributed by atoms with Crippen LogP contribution in [0.2, 0.25) is 0 Å². The summed E-state index contributed by atoms with van der Waals surface area (Å²) in [5, 5.41) is 13.0. The van der Waals surface area contributed by atoms with Crippen molar-refractivity contribution in [3.63, 3.8) is 0 Å². The number of aryl methyl sites for hydroxylation is 1. The van der Waals surface area contributed by atoms with Crippen molar-refractivity contribution in [2.45, 2.75) is 57.4 Å². The van der Waals surface area contributed by atoms with E-state index >= 15 is 0 Å². The van der Waals surface area contributed by atoms with Gasteiger partial charge in [0.1, 0.15) is 12.2 Å². The van der Waals surface area contributed by atoms with E-state index in [1.54, 1.807) is 0 Å². The van der Waals surface area contributed by atoms with Crippen LogP contribution in [-0.4, -0.2) is 40.2 Å². The van der Waals surface area contributed by atoms with Crippen LogP contribution in [0.4, 0.5) is 0 Å². The second kappa shape index (κ2) is 8.68. The minimum absolute atomic E-state index is 0.0732. The first-order chi connectivity index (χ1) is 9.84. The van der Waals surface area contributed by atoms with E-state index in [2.05, 4.69) is 25.8 Å². The summed E-state index contributed by atoms with van der Waals surface area (Å²) in [5.74, 6) is 0.834. The molecule has 1 aromatic heterocycles. The molecule has 6 heteroatoms. The summed E-state index contributed by atoms with van der Waals surface area (Å²) in [6, 6.07) is 0.642. The third-order valence-electron chi connectivity index (χ3n) is 3.79. The first-order valence-corrected chi connectivity index (χ1v) is 7.69. The molecule has 1 aromatic rings. The monoisotopic (exact) mass is 279 g/mol. The Labute approximate surface area is 120 Å². The van der Waals surface area contributed by atoms with Gasteiger partial charge in [0, 0.05) is 32.0 Å². The number of nitrogens with zero attached hydrogens (tertiary/aromatic N) is 2. The molecule has 0 bridgehead atoms. The maximum Gasteiger partial charge on any atom is 0.220 e. The molecule has 1 aliphatic rings. The molecule has 112 valence electrons. The van der Waals surface area contributed by atoms with Crippen molar-refractivity contribution < 1.29 is 4.79 Å². The third kappa shape index (κ3) is 5.69. The van der Waals surface area contributed by atoms with Crippen molar-refractivity contribution in [1.29, 1.82) is 0 Å². The molecular formula is C14H25N5O. The van der Waals surface area contributed by atoms with Gasteiger partial charge in [0.25, 0.3) is 0 Å². The highest BCUT2D eigenvalue weighted by Gasteiger charge is 2.11. The lowest BCUT2D eigenvalue weighted by Crippen LogP contribution is -2.36. The van der Waals surface area contributed by atoms with Crippen LogP contribution in [0.3, 0.4) is 0 Å². The molecule has 0 saturated heterocycles. The molecule has 0 aromatic carbocycles. The number of hydrogen-bond acceptors (Lipinski definition) is 4. The second-order valence-electron chi connectivity index (χ2n) is 5.42. The van der Waals surface area contributed by atoms with Gasteiger partial charge in [-0.2, -0.15) is 5.10 Å². The summed E-state index contributed by atoms with van der Waals surface area (Å²) in [6.07, 6.45) is 10.5. The van der Waals surface area contributed by atoms with E-state index < -0.39 is 0 Å². The highest BCUT2D eigenvalue weighted by molar-refractivity contribution is 5.75. The molecule has 1 amide bonds. The maximum atomic E-state index is 11.6. The molecule has 1 saturated carbocycles. The van der Waals surface area contributed by atoms with Crippen LogP contribution in [0.5, 0.6) is 0 Å². The largest absolute Gasteiger partial charge is 0.355 e. The molecule has 2 rings (SSSR count). The predicted molar refractivity (Wildman–Crippen MR) is 77.2 cm³/mol. The number of carbonyl (C=O) groups is 1. The van der Waals surface area contributed by atoms with Gasteiger partial charge in [0.05, 0.1) is 0 Å². The minimum Gasteiger partial charge on any atom is -0.355 e. The average Bonchev–Trinajstić information content (AvgIpc) is 2.84. The topological polar surface area (TPSA) is 82.7 Å². The molecule has 0 radical (unpaired) electrons. The summed E-state index contributed by atoms with van der Waals surface area (Å²) < 4.78 is 0. The van der Waals surface area contributed by atoms with Gasteiger partial charge in [0.2, 0.25) is 5.91 Å². The molecule has 0 atom stereocenters. The molecule has 3 N–H and O–H groups in total. The molecule has 20 heavy (non-hydrogen) atoms. The Morgan fingerprint density at radius 1 is 1.25 bits per heavy atom. The van der Waals surface area contributed by atoms with Crippen LogP contribution in [-0.2, 0) is 11.2 Å². The highest BCUT2D eigenvalue weighted by atomic mass is 16.1. The second-order valence-corrected chi connectivity index (χ2v) is 5.42. The van der Waals surface area contributed by atoms with E-state index in [0.29, 0.717) is 25.4 Å². The first-order valence-electron chi connectivity index (χ1n) is 7.69. The SMILES string of the molecule is O=C(CCc1ncn[nH]1)NCCNC1CCCCCC1. The van der Waals surface area contributed by atoms with Crippen molar-refractivity contribution in [2.24, 2.45) is 0 Å². The summed E-state index contributed by atoms with van der Waals surface area (Å²) >= 11 is 0. The summed E-state index contributed by atoms with van der Waals surface area (Å²) in [7, 11) is 0. The zero-order chi connectivity index (χ0) is 14.0. The van der Waals surface area contributed by atoms with Crippen LogP contribution < -0.4 is 10.6 Å². The minimum atomic E-state index is 0.0732. The number of aromatic amines is 1. The van der Waals surface area contributed by atoms with E-state index in [1.807, 2.05) is 0 Å². The molecule has 1 aliphatic carbocycles. The average molecular weight is 279 g/mol. The van der Waals surface area contributed by atoms with Crippen molar-refractivity contribution in [3.8, 4) is 0 Å². The summed E-state index contributed by atoms with van der Waals surface area (Å²) in [5.41, 5.74) is 0. The Morgan fingerprint density at radius 3 is 2.75 bits per heavy atom. The maximum absolute atomic E-state index is 11.6. The smallest absolute Gasteiger partial charge is 0.220 e. The Morgan fingerprint density at radius 2 is 2.05 bits per heavy atom. The number of carbonyl (C=O) groups excluding carboxylic acids is 1. The van der Waals surface area contributed by atoms with Crippen molar-refractivity contribution in [3.05, 3.63) is 12.2 Å². The van der Waals surface area contributed by atoms with Gasteiger partial charge in [-0.25, -0.2) is 4.98 Å². The molecule has 1 heterocycles. The standard InChI is InChI=1S/C14H25N5O/c20-14(8-7-13-17-11-18-19-13)16-10-9-15-12-5-3-1-2-4-6-12/h11-12,15H,1-10H2,(H,16,20)(H,17,18,19). The van der Waals surface area contributed by atoms with E-state index in [4.69, 9.17) is 0 Å². The number of amides is 1. The Bertz CT molecular complexity index is 371. The molecule has 0 unspecified atom stereocenters. The lowest BCUT2D eigenvalue weighted by atomic mass is 10.1. The molecule has 6 nitrogen and oxygen atoms in total. The zero-order valence-corrected chi connectivity index (χ0v) is 12.0. The summed E-state index contributed by atoms with van der Waals surface area (Å²) in [4.78, 5) is 15.6. The quantitative estimate of drug-likeness (QED) is 0.517. The van der Waals surface area contributed by atoms with Crippen molar-refractivity contribution in [1.82, 2.24) is 25.8 Å². The van der Waals surface area contributed by atoms with Crippen LogP contribution in [0.1, 0.15) is 50.8 Å². The Hall–Kier alpha value is -1.43. The zero-order valence-electron chi connectivity index (χ0n) is 12.0. The Kier molecular flexibility index (Phi) is 6.50. The van der Waals surface area contributed by atoms with E-state index in [-0.39, 0.29) is 5.91 Å². The van der Waals surface area contributed by atoms with Crippen LogP contribution in [0, 0.1) is 0 Å². The number of H-pyrrole nitrogens is 1. The molecular weight excluding hydrogens is 254 g/mol. The van der Waals surface area contributed by atoms with Gasteiger partial charge in [-0.3, -0.25) is 9.89 Å². The van der Waals surface area contributed by atoms with Gasteiger partial charge in [0.15, 0.2) is 0 Å². The van der Waals surface area contributed by atoms with E-state index in [1.165, 1.54) is 44.9 Å². The lowest BCUT2D eigenvalue weighted by Gasteiger charge is -2.16. The normalized spacial score (nSPS) is 16.8. The van der Waals surface area contributed by atoms with Gasteiger partial charge in [-0.1, -0.05) is 25.7 Å². The Balaban J connectivity index is 1.50.